The van der Waals surface area contributed by atoms with Gasteiger partial charge >= 0.3 is 6.03 Å². The number of amides is 2. The maximum Gasteiger partial charge on any atom is 0.316 e. The van der Waals surface area contributed by atoms with Crippen LogP contribution in [0.3, 0.4) is 0 Å². The molecule has 13 heteroatoms. The van der Waals surface area contributed by atoms with Crippen molar-refractivity contribution in [1.82, 2.24) is 5.16 Å². The first-order valence-corrected chi connectivity index (χ1v) is 15.6. The molecule has 0 radical (unpaired) electrons. The first-order chi connectivity index (χ1) is 20.1. The Bertz CT molecular complexity index is 1530. The summed E-state index contributed by atoms with van der Waals surface area (Å²) in [5.74, 6) is 0.0546. The fraction of sp³-hybridized carbons (Fsp3) is 0.448. The van der Waals surface area contributed by atoms with E-state index in [2.05, 4.69) is 10.5 Å². The molecule has 7 rings (SSSR count). The Morgan fingerprint density at radius 1 is 1.21 bits per heavy atom. The molecule has 2 amide bonds. The topological polar surface area (TPSA) is 134 Å². The van der Waals surface area contributed by atoms with Crippen LogP contribution in [0.5, 0.6) is 0 Å². The van der Waals surface area contributed by atoms with Gasteiger partial charge in [0.15, 0.2) is 5.82 Å². The van der Waals surface area contributed by atoms with Crippen molar-refractivity contribution < 1.29 is 28.8 Å². The maximum atomic E-state index is 15.0. The van der Waals surface area contributed by atoms with Crippen molar-refractivity contribution in [3.8, 4) is 11.3 Å². The number of primary amides is 1. The van der Waals surface area contributed by atoms with E-state index >= 15 is 0 Å². The van der Waals surface area contributed by atoms with Gasteiger partial charge in [-0.3, -0.25) is 5.21 Å². The van der Waals surface area contributed by atoms with Crippen molar-refractivity contribution >= 4 is 52.4 Å². The highest BCUT2D eigenvalue weighted by Crippen LogP contribution is 2.59. The second-order valence-corrected chi connectivity index (χ2v) is 13.6. The third-order valence-electron chi connectivity index (χ3n) is 9.08. The number of carbonyl (C=O) groups is 1. The van der Waals surface area contributed by atoms with Crippen molar-refractivity contribution in [2.24, 2.45) is 17.6 Å². The van der Waals surface area contributed by atoms with Crippen molar-refractivity contribution in [3.05, 3.63) is 57.5 Å². The molecule has 2 aromatic carbocycles. The highest BCUT2D eigenvalue weighted by atomic mass is 35.5. The molecule has 0 spiro atoms. The summed E-state index contributed by atoms with van der Waals surface area (Å²) in [5, 5.41) is 30.9. The van der Waals surface area contributed by atoms with Crippen molar-refractivity contribution in [2.75, 3.05) is 10.4 Å². The van der Waals surface area contributed by atoms with Crippen LogP contribution in [0.4, 0.5) is 20.6 Å². The smallest absolute Gasteiger partial charge is 0.316 e. The lowest BCUT2D eigenvalue weighted by atomic mass is 9.73. The number of rotatable bonds is 7. The number of halogens is 3. The zero-order chi connectivity index (χ0) is 29.3. The Kier molecular flexibility index (Phi) is 7.11. The first kappa shape index (κ1) is 28.2. The first-order valence-electron chi connectivity index (χ1n) is 14.0. The van der Waals surface area contributed by atoms with Crippen LogP contribution in [0.1, 0.15) is 55.8 Å². The number of nitrogens with one attached hydrogen (secondary N) is 1. The number of thioether (sulfide) groups is 1. The number of hydrogen-bond acceptors (Lipinski definition) is 8. The van der Waals surface area contributed by atoms with Crippen LogP contribution in [-0.4, -0.2) is 38.6 Å². The molecule has 3 fully saturated rings. The average Bonchev–Trinajstić information content (AvgIpc) is 3.58. The molecule has 9 nitrogen and oxygen atoms in total. The molecule has 1 aromatic heterocycles. The lowest BCUT2D eigenvalue weighted by Crippen LogP contribution is -2.58. The number of hydrogen-bond donors (Lipinski definition) is 4. The Labute approximate surface area is 255 Å². The molecular formula is C29H29Cl2FN4O5S. The van der Waals surface area contributed by atoms with E-state index in [0.29, 0.717) is 45.0 Å². The van der Waals surface area contributed by atoms with Crippen LogP contribution in [-0.2, 0) is 11.3 Å². The molecule has 2 bridgehead atoms. The molecule has 42 heavy (non-hydrogen) atoms. The van der Waals surface area contributed by atoms with E-state index in [4.69, 9.17) is 38.2 Å². The van der Waals surface area contributed by atoms with E-state index in [-0.39, 0.29) is 35.9 Å². The zero-order valence-corrected chi connectivity index (χ0v) is 24.7. The molecule has 222 valence electrons. The van der Waals surface area contributed by atoms with Gasteiger partial charge in [-0.1, -0.05) is 46.2 Å². The van der Waals surface area contributed by atoms with Gasteiger partial charge in [-0.2, -0.15) is 0 Å². The van der Waals surface area contributed by atoms with E-state index in [9.17, 15) is 19.5 Å². The van der Waals surface area contributed by atoms with Gasteiger partial charge in [0.05, 0.1) is 22.8 Å². The number of nitrogens with zero attached hydrogens (tertiary/aromatic N) is 2. The average molecular weight is 636 g/mol. The Balaban J connectivity index is 1.10. The van der Waals surface area contributed by atoms with Crippen LogP contribution in [0.25, 0.3) is 11.3 Å². The SMILES string of the molecule is NC(=O)Nc1cc(F)c2c(c1)SC([C@]1(O)[C@@H]3CC[C@H]1C[C@H](OCc1c(-c4c(Cl)cccc4Cl)noc1C1CC1)C3)N2O. The summed E-state index contributed by atoms with van der Waals surface area (Å²) in [6.07, 6.45) is 4.61. The van der Waals surface area contributed by atoms with Gasteiger partial charge in [-0.15, -0.1) is 0 Å². The van der Waals surface area contributed by atoms with E-state index in [0.717, 1.165) is 48.1 Å². The monoisotopic (exact) mass is 634 g/mol. The van der Waals surface area contributed by atoms with Gasteiger partial charge in [0.2, 0.25) is 0 Å². The maximum absolute atomic E-state index is 15.0. The summed E-state index contributed by atoms with van der Waals surface area (Å²) in [5.41, 5.74) is 6.15. The molecule has 2 heterocycles. The molecule has 1 aliphatic heterocycles. The van der Waals surface area contributed by atoms with Crippen LogP contribution < -0.4 is 16.1 Å². The number of carbonyl (C=O) groups excluding carboxylic acids is 1. The van der Waals surface area contributed by atoms with E-state index in [1.165, 1.54) is 11.8 Å². The lowest BCUT2D eigenvalue weighted by molar-refractivity contribution is -0.118. The summed E-state index contributed by atoms with van der Waals surface area (Å²) in [4.78, 5) is 11.7. The fourth-order valence-electron chi connectivity index (χ4n) is 7.01. The summed E-state index contributed by atoms with van der Waals surface area (Å²) < 4.78 is 27.3. The lowest BCUT2D eigenvalue weighted by Gasteiger charge is -2.47. The molecule has 5 N–H and O–H groups in total. The van der Waals surface area contributed by atoms with Gasteiger partial charge < -0.3 is 25.4 Å². The molecule has 3 aromatic rings. The highest BCUT2D eigenvalue weighted by Gasteiger charge is 2.61. The second-order valence-electron chi connectivity index (χ2n) is 11.6. The van der Waals surface area contributed by atoms with Gasteiger partial charge in [-0.25, -0.2) is 14.2 Å². The highest BCUT2D eigenvalue weighted by molar-refractivity contribution is 8.00. The van der Waals surface area contributed by atoms with Gasteiger partial charge in [0, 0.05) is 27.6 Å². The summed E-state index contributed by atoms with van der Waals surface area (Å²) in [7, 11) is 0. The minimum atomic E-state index is -1.27. The van der Waals surface area contributed by atoms with Crippen molar-refractivity contribution in [2.45, 2.75) is 73.0 Å². The number of aliphatic hydroxyl groups is 1. The van der Waals surface area contributed by atoms with Crippen molar-refractivity contribution in [3.63, 3.8) is 0 Å². The van der Waals surface area contributed by atoms with Crippen LogP contribution in [0.15, 0.2) is 39.8 Å². The normalized spacial score (nSPS) is 28.3. The van der Waals surface area contributed by atoms with E-state index in [1.54, 1.807) is 24.3 Å². The fourth-order valence-corrected chi connectivity index (χ4v) is 9.10. The molecule has 1 unspecified atom stereocenters. The van der Waals surface area contributed by atoms with Gasteiger partial charge in [0.25, 0.3) is 0 Å². The number of nitrogens with two attached hydrogens (primary N) is 1. The van der Waals surface area contributed by atoms with Crippen LogP contribution in [0.2, 0.25) is 10.0 Å². The zero-order valence-electron chi connectivity index (χ0n) is 22.4. The molecule has 4 aliphatic rings. The van der Waals surface area contributed by atoms with Crippen molar-refractivity contribution in [1.29, 1.82) is 0 Å². The molecule has 3 aliphatic carbocycles. The number of hydroxylamine groups is 1. The molecular weight excluding hydrogens is 606 g/mol. The number of ether oxygens (including phenoxy) is 1. The number of anilines is 2. The molecule has 5 atom stereocenters. The number of fused-ring (bicyclic) bond motifs is 3. The van der Waals surface area contributed by atoms with Crippen LogP contribution in [0, 0.1) is 17.7 Å². The number of aromatic nitrogens is 1. The largest absolute Gasteiger partial charge is 0.386 e. The summed E-state index contributed by atoms with van der Waals surface area (Å²) in [6, 6.07) is 7.15. The third kappa shape index (κ3) is 4.65. The predicted molar refractivity (Wildman–Crippen MR) is 156 cm³/mol. The van der Waals surface area contributed by atoms with E-state index in [1.807, 2.05) is 0 Å². The summed E-state index contributed by atoms with van der Waals surface area (Å²) >= 11 is 14.2. The standard InChI is InChI=1S/C29H29Cl2FN4O5S/c30-19-2-1-3-20(31)23(19)24-18(26(41-35-24)13-4-5-13)12-40-17-8-14-6-7-15(9-17)29(14,38)27-36(39)25-21(32)10-16(34-28(33)37)11-22(25)42-27/h1-3,10-11,13-15,17,27,38-39H,4-9,12H2,(H3,33,34,37)/t14-,15+,17-,27?,29+. The van der Waals surface area contributed by atoms with Crippen LogP contribution >= 0.6 is 35.0 Å². The van der Waals surface area contributed by atoms with Gasteiger partial charge in [0.1, 0.15) is 28.1 Å². The number of benzene rings is 2. The quantitative estimate of drug-likeness (QED) is 0.220. The number of urea groups is 1. The third-order valence-corrected chi connectivity index (χ3v) is 11.1. The van der Waals surface area contributed by atoms with E-state index < -0.39 is 22.8 Å². The Morgan fingerprint density at radius 3 is 2.55 bits per heavy atom. The summed E-state index contributed by atoms with van der Waals surface area (Å²) in [6.45, 7) is 0.269. The molecule has 3 saturated carbocycles. The Hall–Kier alpha value is -2.54. The second kappa shape index (κ2) is 10.6. The Morgan fingerprint density at radius 2 is 1.90 bits per heavy atom. The van der Waals surface area contributed by atoms with Gasteiger partial charge in [-0.05, 0) is 74.6 Å². The molecule has 0 saturated heterocycles. The minimum absolute atomic E-state index is 0.0166. The predicted octanol–water partition coefficient (Wildman–Crippen LogP) is 6.92. The minimum Gasteiger partial charge on any atom is -0.386 e.